The molecular formula is C23H26FN3O3. The molecule has 2 aromatic carbocycles. The lowest BCUT2D eigenvalue weighted by Gasteiger charge is -2.36. The summed E-state index contributed by atoms with van der Waals surface area (Å²) in [5, 5.41) is 0. The highest BCUT2D eigenvalue weighted by molar-refractivity contribution is 5.80. The number of carbonyl (C=O) groups is 2. The van der Waals surface area contributed by atoms with E-state index >= 15 is 0 Å². The van der Waals surface area contributed by atoms with Gasteiger partial charge in [0.25, 0.3) is 0 Å². The van der Waals surface area contributed by atoms with Crippen LogP contribution in [0.4, 0.5) is 10.1 Å². The molecule has 30 heavy (non-hydrogen) atoms. The summed E-state index contributed by atoms with van der Waals surface area (Å²) in [7, 11) is 0. The van der Waals surface area contributed by atoms with E-state index in [-0.39, 0.29) is 30.8 Å². The van der Waals surface area contributed by atoms with Gasteiger partial charge in [0.05, 0.1) is 0 Å². The Bertz CT molecular complexity index is 895. The number of halogens is 1. The molecule has 2 aliphatic heterocycles. The van der Waals surface area contributed by atoms with Crippen LogP contribution in [0, 0.1) is 5.82 Å². The van der Waals surface area contributed by atoms with Crippen molar-refractivity contribution in [2.45, 2.75) is 13.0 Å². The second-order valence-electron chi connectivity index (χ2n) is 7.67. The summed E-state index contributed by atoms with van der Waals surface area (Å²) < 4.78 is 18.5. The van der Waals surface area contributed by atoms with Crippen molar-refractivity contribution in [1.82, 2.24) is 9.80 Å². The molecule has 6 nitrogen and oxygen atoms in total. The van der Waals surface area contributed by atoms with Gasteiger partial charge < -0.3 is 19.4 Å². The summed E-state index contributed by atoms with van der Waals surface area (Å²) >= 11 is 0. The molecule has 0 radical (unpaired) electrons. The van der Waals surface area contributed by atoms with Gasteiger partial charge in [0.15, 0.2) is 0 Å². The van der Waals surface area contributed by atoms with Crippen LogP contribution in [0.5, 0.6) is 0 Å². The number of nitrogens with zero attached hydrogens (tertiary/aromatic N) is 3. The monoisotopic (exact) mass is 411 g/mol. The topological polar surface area (TPSA) is 53.1 Å². The van der Waals surface area contributed by atoms with E-state index in [1.165, 1.54) is 23.3 Å². The number of ether oxygens (including phenoxy) is 1. The zero-order valence-corrected chi connectivity index (χ0v) is 16.9. The summed E-state index contributed by atoms with van der Waals surface area (Å²) in [4.78, 5) is 30.5. The number of anilines is 1. The highest BCUT2D eigenvalue weighted by Crippen LogP contribution is 2.19. The lowest BCUT2D eigenvalue weighted by atomic mass is 10.00. The van der Waals surface area contributed by atoms with Crippen molar-refractivity contribution < 1.29 is 18.7 Å². The zero-order valence-electron chi connectivity index (χ0n) is 16.9. The van der Waals surface area contributed by atoms with Crippen LogP contribution in [0.1, 0.15) is 11.1 Å². The van der Waals surface area contributed by atoms with Crippen molar-refractivity contribution in [2.24, 2.45) is 0 Å². The molecule has 4 rings (SSSR count). The first kappa shape index (κ1) is 20.3. The summed E-state index contributed by atoms with van der Waals surface area (Å²) in [6, 6.07) is 14.5. The number of hydrogen-bond donors (Lipinski definition) is 0. The van der Waals surface area contributed by atoms with Crippen molar-refractivity contribution in [3.8, 4) is 0 Å². The smallest absolute Gasteiger partial charge is 0.248 e. The summed E-state index contributed by atoms with van der Waals surface area (Å²) in [5.74, 6) is -0.447. The molecule has 2 aliphatic rings. The first-order valence-corrected chi connectivity index (χ1v) is 10.3. The SMILES string of the molecule is O=C(COCC(=O)N1CCc2ccccc2C1)N1CCN(c2ccc(F)cc2)CC1. The third-order valence-corrected chi connectivity index (χ3v) is 5.76. The molecule has 0 atom stereocenters. The Morgan fingerprint density at radius 2 is 1.43 bits per heavy atom. The molecule has 0 saturated carbocycles. The van der Waals surface area contributed by atoms with Crippen LogP contribution in [-0.2, 0) is 27.3 Å². The number of rotatable bonds is 5. The predicted octanol–water partition coefficient (Wildman–Crippen LogP) is 2.08. The van der Waals surface area contributed by atoms with E-state index in [1.54, 1.807) is 21.9 Å². The Balaban J connectivity index is 1.18. The molecule has 0 N–H and O–H groups in total. The van der Waals surface area contributed by atoms with Gasteiger partial charge in [-0.15, -0.1) is 0 Å². The standard InChI is InChI=1S/C23H26FN3O3/c24-20-5-7-21(8-6-20)25-11-13-26(14-12-25)22(28)16-30-17-23(29)27-10-9-18-3-1-2-4-19(18)15-27/h1-8H,9-17H2. The van der Waals surface area contributed by atoms with Gasteiger partial charge >= 0.3 is 0 Å². The van der Waals surface area contributed by atoms with E-state index in [0.29, 0.717) is 39.3 Å². The van der Waals surface area contributed by atoms with Gasteiger partial charge in [0.2, 0.25) is 11.8 Å². The van der Waals surface area contributed by atoms with Crippen LogP contribution in [0.25, 0.3) is 0 Å². The van der Waals surface area contributed by atoms with E-state index in [2.05, 4.69) is 11.0 Å². The van der Waals surface area contributed by atoms with Gasteiger partial charge in [0.1, 0.15) is 19.0 Å². The number of piperazine rings is 1. The van der Waals surface area contributed by atoms with Gasteiger partial charge in [-0.1, -0.05) is 24.3 Å². The molecule has 158 valence electrons. The lowest BCUT2D eigenvalue weighted by molar-refractivity contribution is -0.142. The minimum absolute atomic E-state index is 0.0799. The van der Waals surface area contributed by atoms with Crippen LogP contribution in [-0.4, -0.2) is 67.6 Å². The van der Waals surface area contributed by atoms with Gasteiger partial charge in [-0.25, -0.2) is 4.39 Å². The van der Waals surface area contributed by atoms with Crippen molar-refractivity contribution in [1.29, 1.82) is 0 Å². The van der Waals surface area contributed by atoms with Gasteiger partial charge in [-0.2, -0.15) is 0 Å². The van der Waals surface area contributed by atoms with Crippen LogP contribution >= 0.6 is 0 Å². The fourth-order valence-corrected chi connectivity index (χ4v) is 3.98. The lowest BCUT2D eigenvalue weighted by Crippen LogP contribution is -2.50. The Labute approximate surface area is 175 Å². The van der Waals surface area contributed by atoms with Crippen LogP contribution in [0.15, 0.2) is 48.5 Å². The largest absolute Gasteiger partial charge is 0.368 e. The molecule has 2 heterocycles. The molecule has 2 amide bonds. The molecule has 2 aromatic rings. The zero-order chi connectivity index (χ0) is 20.9. The quantitative estimate of drug-likeness (QED) is 0.756. The summed E-state index contributed by atoms with van der Waals surface area (Å²) in [6.07, 6.45) is 0.846. The molecule has 0 aliphatic carbocycles. The summed E-state index contributed by atoms with van der Waals surface area (Å²) in [6.45, 7) is 3.63. The fourth-order valence-electron chi connectivity index (χ4n) is 3.98. The van der Waals surface area contributed by atoms with Crippen molar-refractivity contribution in [3.63, 3.8) is 0 Å². The average Bonchev–Trinajstić information content (AvgIpc) is 2.79. The van der Waals surface area contributed by atoms with Crippen LogP contribution < -0.4 is 4.90 Å². The van der Waals surface area contributed by atoms with E-state index in [0.717, 1.165) is 12.1 Å². The number of amides is 2. The molecule has 0 aromatic heterocycles. The molecule has 0 spiro atoms. The average molecular weight is 411 g/mol. The maximum atomic E-state index is 13.1. The Kier molecular flexibility index (Phi) is 6.28. The van der Waals surface area contributed by atoms with E-state index in [9.17, 15) is 14.0 Å². The van der Waals surface area contributed by atoms with Gasteiger partial charge in [0, 0.05) is 45.0 Å². The highest BCUT2D eigenvalue weighted by Gasteiger charge is 2.23. The second-order valence-corrected chi connectivity index (χ2v) is 7.67. The van der Waals surface area contributed by atoms with Crippen molar-refractivity contribution in [3.05, 3.63) is 65.5 Å². The number of benzene rings is 2. The third kappa shape index (κ3) is 4.79. The number of carbonyl (C=O) groups excluding carboxylic acids is 2. The molecule has 1 saturated heterocycles. The van der Waals surface area contributed by atoms with E-state index in [4.69, 9.17) is 4.74 Å². The van der Waals surface area contributed by atoms with Crippen LogP contribution in [0.3, 0.4) is 0 Å². The van der Waals surface area contributed by atoms with Crippen LogP contribution in [0.2, 0.25) is 0 Å². The molecular weight excluding hydrogens is 385 g/mol. The first-order valence-electron chi connectivity index (χ1n) is 10.3. The molecule has 0 bridgehead atoms. The minimum atomic E-state index is -0.256. The Hall–Kier alpha value is -2.93. The molecule has 7 heteroatoms. The van der Waals surface area contributed by atoms with Crippen molar-refractivity contribution >= 4 is 17.5 Å². The highest BCUT2D eigenvalue weighted by atomic mass is 19.1. The third-order valence-electron chi connectivity index (χ3n) is 5.76. The van der Waals surface area contributed by atoms with E-state index < -0.39 is 0 Å². The minimum Gasteiger partial charge on any atom is -0.368 e. The van der Waals surface area contributed by atoms with Gasteiger partial charge in [-0.3, -0.25) is 9.59 Å². The Morgan fingerprint density at radius 1 is 0.800 bits per heavy atom. The molecule has 0 unspecified atom stereocenters. The van der Waals surface area contributed by atoms with Gasteiger partial charge in [-0.05, 0) is 41.8 Å². The maximum absolute atomic E-state index is 13.1. The number of fused-ring (bicyclic) bond motifs is 1. The maximum Gasteiger partial charge on any atom is 0.248 e. The predicted molar refractivity (Wildman–Crippen MR) is 112 cm³/mol. The fraction of sp³-hybridized carbons (Fsp3) is 0.391. The second kappa shape index (κ2) is 9.26. The number of hydrogen-bond acceptors (Lipinski definition) is 4. The van der Waals surface area contributed by atoms with Crippen molar-refractivity contribution in [2.75, 3.05) is 50.8 Å². The first-order chi connectivity index (χ1) is 14.6. The summed E-state index contributed by atoms with van der Waals surface area (Å²) in [5.41, 5.74) is 3.41. The normalized spacial score (nSPS) is 16.4. The molecule has 1 fully saturated rings. The Morgan fingerprint density at radius 3 is 2.13 bits per heavy atom. The van der Waals surface area contributed by atoms with E-state index in [1.807, 2.05) is 18.2 Å².